The van der Waals surface area contributed by atoms with Gasteiger partial charge in [-0.3, -0.25) is 4.98 Å². The Labute approximate surface area is 69.4 Å². The standard InChI is InChI=1S/C8H10F2N2/c1-6-2-3-7(4-12-6)8(9,10)5-11/h2-4H,5,11H2,1H3. The van der Waals surface area contributed by atoms with Gasteiger partial charge < -0.3 is 5.73 Å². The molecule has 12 heavy (non-hydrogen) atoms. The van der Waals surface area contributed by atoms with E-state index < -0.39 is 12.5 Å². The predicted molar refractivity (Wildman–Crippen MR) is 41.9 cm³/mol. The lowest BCUT2D eigenvalue weighted by Gasteiger charge is -2.13. The van der Waals surface area contributed by atoms with Crippen LogP contribution in [-0.2, 0) is 5.92 Å². The summed E-state index contributed by atoms with van der Waals surface area (Å²) in [6, 6.07) is 2.88. The number of halogens is 2. The Morgan fingerprint density at radius 1 is 1.50 bits per heavy atom. The van der Waals surface area contributed by atoms with Crippen LogP contribution in [0.2, 0.25) is 0 Å². The van der Waals surface area contributed by atoms with E-state index in [2.05, 4.69) is 4.98 Å². The van der Waals surface area contributed by atoms with E-state index in [1.807, 2.05) is 0 Å². The van der Waals surface area contributed by atoms with Crippen LogP contribution in [0.25, 0.3) is 0 Å². The van der Waals surface area contributed by atoms with Crippen LogP contribution in [0, 0.1) is 6.92 Å². The first kappa shape index (κ1) is 9.06. The number of aromatic nitrogens is 1. The number of hydrogen-bond donors (Lipinski definition) is 1. The molecule has 0 fully saturated rings. The monoisotopic (exact) mass is 172 g/mol. The van der Waals surface area contributed by atoms with Gasteiger partial charge in [-0.1, -0.05) is 0 Å². The highest BCUT2D eigenvalue weighted by atomic mass is 19.3. The van der Waals surface area contributed by atoms with Crippen LogP contribution in [0.1, 0.15) is 11.3 Å². The normalized spacial score (nSPS) is 11.7. The highest BCUT2D eigenvalue weighted by Gasteiger charge is 2.29. The Hall–Kier alpha value is -1.03. The molecule has 1 heterocycles. The number of pyridine rings is 1. The summed E-state index contributed by atoms with van der Waals surface area (Å²) in [6.45, 7) is 1.06. The summed E-state index contributed by atoms with van der Waals surface area (Å²) >= 11 is 0. The lowest BCUT2D eigenvalue weighted by molar-refractivity contribution is 0.00559. The van der Waals surface area contributed by atoms with Gasteiger partial charge in [0.05, 0.1) is 6.54 Å². The molecule has 1 rings (SSSR count). The second-order valence-electron chi connectivity index (χ2n) is 2.60. The van der Waals surface area contributed by atoms with Crippen LogP contribution in [-0.4, -0.2) is 11.5 Å². The Bertz CT molecular complexity index is 256. The maximum Gasteiger partial charge on any atom is 0.286 e. The fraction of sp³-hybridized carbons (Fsp3) is 0.375. The summed E-state index contributed by atoms with van der Waals surface area (Å²) in [5, 5.41) is 0. The zero-order valence-electron chi connectivity index (χ0n) is 6.72. The fourth-order valence-corrected chi connectivity index (χ4v) is 0.802. The van der Waals surface area contributed by atoms with E-state index >= 15 is 0 Å². The topological polar surface area (TPSA) is 38.9 Å². The van der Waals surface area contributed by atoms with Crippen molar-refractivity contribution in [1.29, 1.82) is 0 Å². The minimum absolute atomic E-state index is 0.129. The Kier molecular flexibility index (Phi) is 2.38. The fourth-order valence-electron chi connectivity index (χ4n) is 0.802. The van der Waals surface area contributed by atoms with Gasteiger partial charge in [0, 0.05) is 17.5 Å². The minimum Gasteiger partial charge on any atom is -0.325 e. The second-order valence-corrected chi connectivity index (χ2v) is 2.60. The molecule has 0 amide bonds. The largest absolute Gasteiger partial charge is 0.325 e. The lowest BCUT2D eigenvalue weighted by atomic mass is 10.1. The van der Waals surface area contributed by atoms with Crippen LogP contribution in [0.5, 0.6) is 0 Å². The molecular weight excluding hydrogens is 162 g/mol. The van der Waals surface area contributed by atoms with Crippen molar-refractivity contribution in [2.45, 2.75) is 12.8 Å². The van der Waals surface area contributed by atoms with E-state index in [-0.39, 0.29) is 5.56 Å². The van der Waals surface area contributed by atoms with Gasteiger partial charge in [0.15, 0.2) is 0 Å². The van der Waals surface area contributed by atoms with Crippen molar-refractivity contribution in [3.8, 4) is 0 Å². The first-order chi connectivity index (χ1) is 5.56. The molecular formula is C8H10F2N2. The molecule has 66 valence electrons. The van der Waals surface area contributed by atoms with E-state index in [9.17, 15) is 8.78 Å². The van der Waals surface area contributed by atoms with Gasteiger partial charge in [0.25, 0.3) is 5.92 Å². The zero-order valence-corrected chi connectivity index (χ0v) is 6.72. The quantitative estimate of drug-likeness (QED) is 0.733. The van der Waals surface area contributed by atoms with Gasteiger partial charge in [0.1, 0.15) is 0 Å². The molecule has 2 N–H and O–H groups in total. The third-order valence-corrected chi connectivity index (χ3v) is 1.59. The molecule has 0 unspecified atom stereocenters. The summed E-state index contributed by atoms with van der Waals surface area (Å²) in [5.74, 6) is -2.96. The lowest BCUT2D eigenvalue weighted by Crippen LogP contribution is -2.25. The summed E-state index contributed by atoms with van der Waals surface area (Å²) in [7, 11) is 0. The second kappa shape index (κ2) is 3.15. The van der Waals surface area contributed by atoms with E-state index in [0.717, 1.165) is 6.20 Å². The molecule has 0 saturated carbocycles. The van der Waals surface area contributed by atoms with Crippen molar-refractivity contribution in [3.05, 3.63) is 29.6 Å². The SMILES string of the molecule is Cc1ccc(C(F)(F)CN)cn1. The molecule has 0 bridgehead atoms. The van der Waals surface area contributed by atoms with Crippen LogP contribution >= 0.6 is 0 Å². The summed E-state index contributed by atoms with van der Waals surface area (Å²) < 4.78 is 25.7. The number of rotatable bonds is 2. The molecule has 1 aromatic heterocycles. The zero-order chi connectivity index (χ0) is 9.19. The molecule has 0 aromatic carbocycles. The van der Waals surface area contributed by atoms with Crippen LogP contribution in [0.3, 0.4) is 0 Å². The van der Waals surface area contributed by atoms with Crippen molar-refractivity contribution in [1.82, 2.24) is 4.98 Å². The number of aryl methyl sites for hydroxylation is 1. The Morgan fingerprint density at radius 2 is 2.17 bits per heavy atom. The van der Waals surface area contributed by atoms with E-state index in [1.54, 1.807) is 13.0 Å². The molecule has 0 spiro atoms. The summed E-state index contributed by atoms with van der Waals surface area (Å²) in [5.41, 5.74) is 5.48. The van der Waals surface area contributed by atoms with Gasteiger partial charge in [-0.05, 0) is 19.1 Å². The van der Waals surface area contributed by atoms with E-state index in [4.69, 9.17) is 5.73 Å². The van der Waals surface area contributed by atoms with Gasteiger partial charge in [-0.25, -0.2) is 0 Å². The third kappa shape index (κ3) is 1.76. The molecule has 0 saturated heterocycles. The maximum absolute atomic E-state index is 12.9. The smallest absolute Gasteiger partial charge is 0.286 e. The van der Waals surface area contributed by atoms with Crippen molar-refractivity contribution in [3.63, 3.8) is 0 Å². The molecule has 0 aliphatic heterocycles. The van der Waals surface area contributed by atoms with Gasteiger partial charge in [0.2, 0.25) is 0 Å². The van der Waals surface area contributed by atoms with Crippen LogP contribution in [0.15, 0.2) is 18.3 Å². The van der Waals surface area contributed by atoms with Gasteiger partial charge in [-0.15, -0.1) is 0 Å². The Balaban J connectivity index is 2.96. The van der Waals surface area contributed by atoms with Crippen molar-refractivity contribution < 1.29 is 8.78 Å². The average molecular weight is 172 g/mol. The number of alkyl halides is 2. The maximum atomic E-state index is 12.9. The van der Waals surface area contributed by atoms with Gasteiger partial charge in [-0.2, -0.15) is 8.78 Å². The number of nitrogens with two attached hydrogens (primary N) is 1. The molecule has 0 radical (unpaired) electrons. The molecule has 0 aliphatic carbocycles. The third-order valence-electron chi connectivity index (χ3n) is 1.59. The Morgan fingerprint density at radius 3 is 2.58 bits per heavy atom. The molecule has 1 aromatic rings. The summed E-state index contributed by atoms with van der Waals surface area (Å²) in [4.78, 5) is 3.76. The first-order valence-corrected chi connectivity index (χ1v) is 3.57. The molecule has 4 heteroatoms. The van der Waals surface area contributed by atoms with Crippen molar-refractivity contribution in [2.75, 3.05) is 6.54 Å². The molecule has 0 aliphatic rings. The van der Waals surface area contributed by atoms with Crippen LogP contribution in [0.4, 0.5) is 8.78 Å². The average Bonchev–Trinajstić information content (AvgIpc) is 2.05. The minimum atomic E-state index is -2.96. The number of hydrogen-bond acceptors (Lipinski definition) is 2. The molecule has 0 atom stereocenters. The van der Waals surface area contributed by atoms with Crippen molar-refractivity contribution >= 4 is 0 Å². The highest BCUT2D eigenvalue weighted by Crippen LogP contribution is 2.25. The molecule has 2 nitrogen and oxygen atoms in total. The van der Waals surface area contributed by atoms with Gasteiger partial charge >= 0.3 is 0 Å². The summed E-state index contributed by atoms with van der Waals surface area (Å²) in [6.07, 6.45) is 1.15. The van der Waals surface area contributed by atoms with Crippen LogP contribution < -0.4 is 5.73 Å². The first-order valence-electron chi connectivity index (χ1n) is 3.57. The van der Waals surface area contributed by atoms with E-state index in [0.29, 0.717) is 5.69 Å². The predicted octanol–water partition coefficient (Wildman–Crippen LogP) is 1.44. The number of nitrogens with zero attached hydrogens (tertiary/aromatic N) is 1. The van der Waals surface area contributed by atoms with E-state index in [1.165, 1.54) is 6.07 Å². The highest BCUT2D eigenvalue weighted by molar-refractivity contribution is 5.18. The van der Waals surface area contributed by atoms with Crippen molar-refractivity contribution in [2.24, 2.45) is 5.73 Å².